The van der Waals surface area contributed by atoms with Crippen molar-refractivity contribution in [2.24, 2.45) is 0 Å². The number of β-amino-alcohol motifs (C(OH)–C–C–N with tert-alkyl or cyclic N) is 1. The number of amides is 2. The zero-order valence-corrected chi connectivity index (χ0v) is 18.6. The summed E-state index contributed by atoms with van der Waals surface area (Å²) in [6.45, 7) is 7.94. The van der Waals surface area contributed by atoms with Gasteiger partial charge in [-0.1, -0.05) is 6.07 Å². The van der Waals surface area contributed by atoms with Crippen molar-refractivity contribution in [2.45, 2.75) is 25.9 Å². The normalized spacial score (nSPS) is 19.2. The highest BCUT2D eigenvalue weighted by Gasteiger charge is 2.27. The van der Waals surface area contributed by atoms with Crippen LogP contribution in [0.5, 0.6) is 0 Å². The second-order valence-electron chi connectivity index (χ2n) is 8.88. The van der Waals surface area contributed by atoms with Crippen LogP contribution >= 0.6 is 0 Å². The van der Waals surface area contributed by atoms with E-state index in [1.54, 1.807) is 0 Å². The fourth-order valence-corrected chi connectivity index (χ4v) is 4.55. The van der Waals surface area contributed by atoms with Crippen LogP contribution in [0.4, 0.5) is 22.1 Å². The fourth-order valence-electron chi connectivity index (χ4n) is 4.55. The molecule has 32 heavy (non-hydrogen) atoms. The van der Waals surface area contributed by atoms with E-state index < -0.39 is 0 Å². The number of aliphatic hydroxyl groups is 1. The van der Waals surface area contributed by atoms with E-state index in [-0.39, 0.29) is 12.1 Å². The van der Waals surface area contributed by atoms with Gasteiger partial charge < -0.3 is 29.9 Å². The minimum absolute atomic E-state index is 0.0312. The van der Waals surface area contributed by atoms with Gasteiger partial charge >= 0.3 is 6.03 Å². The van der Waals surface area contributed by atoms with Crippen LogP contribution in [0, 0.1) is 6.92 Å². The third kappa shape index (κ3) is 4.38. The number of urea groups is 1. The SMILES string of the molecule is Cc1ccc(NC(=O)N2CCCC2)cc1-c1cc(N2CCOCC2)nc(N2CC(O)C2)c1. The smallest absolute Gasteiger partial charge is 0.321 e. The first-order chi connectivity index (χ1) is 15.6. The highest BCUT2D eigenvalue weighted by Crippen LogP contribution is 2.33. The number of rotatable bonds is 4. The Morgan fingerprint density at radius 1 is 1.03 bits per heavy atom. The number of aromatic nitrogens is 1. The maximum Gasteiger partial charge on any atom is 0.321 e. The maximum atomic E-state index is 12.6. The summed E-state index contributed by atoms with van der Waals surface area (Å²) in [5.74, 6) is 1.80. The van der Waals surface area contributed by atoms with E-state index in [0.717, 1.165) is 73.0 Å². The van der Waals surface area contributed by atoms with Gasteiger partial charge in [0.2, 0.25) is 0 Å². The van der Waals surface area contributed by atoms with Crippen molar-refractivity contribution in [1.29, 1.82) is 0 Å². The lowest BCUT2D eigenvalue weighted by atomic mass is 9.99. The molecule has 5 rings (SSSR count). The first-order valence-corrected chi connectivity index (χ1v) is 11.5. The summed E-state index contributed by atoms with van der Waals surface area (Å²) in [6.07, 6.45) is 1.85. The summed E-state index contributed by atoms with van der Waals surface area (Å²) >= 11 is 0. The maximum absolute atomic E-state index is 12.6. The number of hydrogen-bond donors (Lipinski definition) is 2. The van der Waals surface area contributed by atoms with Gasteiger partial charge in [-0.25, -0.2) is 9.78 Å². The van der Waals surface area contributed by atoms with E-state index in [9.17, 15) is 9.90 Å². The third-order valence-corrected chi connectivity index (χ3v) is 6.51. The predicted molar refractivity (Wildman–Crippen MR) is 125 cm³/mol. The van der Waals surface area contributed by atoms with Crippen molar-refractivity contribution < 1.29 is 14.6 Å². The largest absolute Gasteiger partial charge is 0.389 e. The number of morpholine rings is 1. The molecule has 0 aliphatic carbocycles. The molecular formula is C24H31N5O3. The van der Waals surface area contributed by atoms with Crippen molar-refractivity contribution in [1.82, 2.24) is 9.88 Å². The Hall–Kier alpha value is -2.84. The van der Waals surface area contributed by atoms with Crippen LogP contribution in [0.25, 0.3) is 11.1 Å². The Balaban J connectivity index is 1.46. The molecule has 1 aromatic carbocycles. The van der Waals surface area contributed by atoms with E-state index in [2.05, 4.69) is 46.3 Å². The van der Waals surface area contributed by atoms with Gasteiger partial charge in [0.1, 0.15) is 11.6 Å². The number of carbonyl (C=O) groups is 1. The summed E-state index contributed by atoms with van der Waals surface area (Å²) in [5.41, 5.74) is 4.07. The molecule has 0 saturated carbocycles. The number of nitrogens with one attached hydrogen (secondary N) is 1. The van der Waals surface area contributed by atoms with Gasteiger partial charge in [-0.3, -0.25) is 0 Å². The lowest BCUT2D eigenvalue weighted by molar-refractivity contribution is 0.122. The van der Waals surface area contributed by atoms with Crippen molar-refractivity contribution in [3.8, 4) is 11.1 Å². The molecule has 3 fully saturated rings. The molecule has 0 radical (unpaired) electrons. The van der Waals surface area contributed by atoms with E-state index in [4.69, 9.17) is 9.72 Å². The molecule has 8 nitrogen and oxygen atoms in total. The molecule has 0 bridgehead atoms. The molecule has 3 saturated heterocycles. The standard InChI is InChI=1S/C24H31N5O3/c1-17-4-5-19(25-24(31)28-6-2-3-7-28)14-21(17)18-12-22(27-8-10-32-11-9-27)26-23(13-18)29-15-20(30)16-29/h4-5,12-14,20,30H,2-3,6-11,15-16H2,1H3,(H,25,31). The number of aryl methyl sites for hydroxylation is 1. The van der Waals surface area contributed by atoms with Gasteiger partial charge in [-0.2, -0.15) is 0 Å². The number of likely N-dealkylation sites (tertiary alicyclic amines) is 1. The average Bonchev–Trinajstić information content (AvgIpc) is 3.34. The van der Waals surface area contributed by atoms with Gasteiger partial charge in [-0.05, 0) is 60.7 Å². The second kappa shape index (κ2) is 8.96. The predicted octanol–water partition coefficient (Wildman–Crippen LogP) is 2.70. The van der Waals surface area contributed by atoms with Crippen molar-refractivity contribution in [2.75, 3.05) is 67.6 Å². The van der Waals surface area contributed by atoms with Crippen molar-refractivity contribution in [3.63, 3.8) is 0 Å². The van der Waals surface area contributed by atoms with E-state index in [0.29, 0.717) is 26.3 Å². The molecule has 1 aromatic heterocycles. The second-order valence-corrected chi connectivity index (χ2v) is 8.88. The molecule has 3 aliphatic heterocycles. The molecule has 0 unspecified atom stereocenters. The summed E-state index contributed by atoms with van der Waals surface area (Å²) in [4.78, 5) is 23.7. The molecular weight excluding hydrogens is 406 g/mol. The molecule has 2 amide bonds. The number of carbonyl (C=O) groups excluding carboxylic acids is 1. The van der Waals surface area contributed by atoms with Crippen LogP contribution in [0.2, 0.25) is 0 Å². The van der Waals surface area contributed by atoms with Gasteiger partial charge in [-0.15, -0.1) is 0 Å². The van der Waals surface area contributed by atoms with Crippen LogP contribution in [0.15, 0.2) is 30.3 Å². The summed E-state index contributed by atoms with van der Waals surface area (Å²) in [7, 11) is 0. The van der Waals surface area contributed by atoms with Crippen LogP contribution < -0.4 is 15.1 Å². The molecule has 2 aromatic rings. The lowest BCUT2D eigenvalue weighted by Gasteiger charge is -2.38. The van der Waals surface area contributed by atoms with Crippen LogP contribution in [0.3, 0.4) is 0 Å². The summed E-state index contributed by atoms with van der Waals surface area (Å²) < 4.78 is 5.52. The molecule has 170 valence electrons. The number of aliphatic hydroxyl groups excluding tert-OH is 1. The van der Waals surface area contributed by atoms with Crippen LogP contribution in [-0.2, 0) is 4.74 Å². The average molecular weight is 438 g/mol. The van der Waals surface area contributed by atoms with Gasteiger partial charge in [0, 0.05) is 45.0 Å². The van der Waals surface area contributed by atoms with Crippen molar-refractivity contribution >= 4 is 23.4 Å². The number of benzene rings is 1. The zero-order valence-electron chi connectivity index (χ0n) is 18.6. The quantitative estimate of drug-likeness (QED) is 0.766. The first-order valence-electron chi connectivity index (χ1n) is 11.5. The number of pyridine rings is 1. The summed E-state index contributed by atoms with van der Waals surface area (Å²) in [5, 5.41) is 12.9. The van der Waals surface area contributed by atoms with Crippen LogP contribution in [0.1, 0.15) is 18.4 Å². The van der Waals surface area contributed by atoms with Crippen molar-refractivity contribution in [3.05, 3.63) is 35.9 Å². The monoisotopic (exact) mass is 437 g/mol. The fraction of sp³-hybridized carbons (Fsp3) is 0.500. The number of anilines is 3. The van der Waals surface area contributed by atoms with Gasteiger partial charge in [0.25, 0.3) is 0 Å². The molecule has 2 N–H and O–H groups in total. The molecule has 8 heteroatoms. The molecule has 0 atom stereocenters. The highest BCUT2D eigenvalue weighted by molar-refractivity contribution is 5.91. The number of hydrogen-bond acceptors (Lipinski definition) is 6. The van der Waals surface area contributed by atoms with Crippen LogP contribution in [-0.4, -0.2) is 79.6 Å². The molecule has 3 aliphatic rings. The summed E-state index contributed by atoms with van der Waals surface area (Å²) in [6, 6.07) is 10.2. The van der Waals surface area contributed by atoms with E-state index >= 15 is 0 Å². The molecule has 0 spiro atoms. The number of nitrogens with zero attached hydrogens (tertiary/aromatic N) is 4. The van der Waals surface area contributed by atoms with E-state index in [1.165, 1.54) is 0 Å². The first kappa shape index (κ1) is 21.0. The lowest BCUT2D eigenvalue weighted by Crippen LogP contribution is -2.51. The minimum Gasteiger partial charge on any atom is -0.389 e. The highest BCUT2D eigenvalue weighted by atomic mass is 16.5. The Kier molecular flexibility index (Phi) is 5.89. The molecule has 4 heterocycles. The van der Waals surface area contributed by atoms with Gasteiger partial charge in [0.15, 0.2) is 0 Å². The number of ether oxygens (including phenoxy) is 1. The van der Waals surface area contributed by atoms with E-state index in [1.807, 2.05) is 11.0 Å². The Morgan fingerprint density at radius 2 is 1.72 bits per heavy atom. The zero-order chi connectivity index (χ0) is 22.1. The Labute approximate surface area is 188 Å². The Bertz CT molecular complexity index is 980. The topological polar surface area (TPSA) is 81.2 Å². The third-order valence-electron chi connectivity index (χ3n) is 6.51. The minimum atomic E-state index is -0.293. The van der Waals surface area contributed by atoms with Gasteiger partial charge in [0.05, 0.1) is 19.3 Å². The Morgan fingerprint density at radius 3 is 2.41 bits per heavy atom.